The minimum atomic E-state index is -1.30. The maximum absolute atomic E-state index is 11.3. The number of urea groups is 1. The molecule has 1 aromatic carbocycles. The van der Waals surface area contributed by atoms with Gasteiger partial charge in [-0.2, -0.15) is 0 Å². The number of hydrogen-bond acceptors (Lipinski definition) is 4. The highest BCUT2D eigenvalue weighted by Gasteiger charge is 2.17. The van der Waals surface area contributed by atoms with Crippen molar-refractivity contribution in [2.24, 2.45) is 0 Å². The van der Waals surface area contributed by atoms with Gasteiger partial charge in [0.1, 0.15) is 5.75 Å². The lowest BCUT2D eigenvalue weighted by Gasteiger charge is -2.12. The summed E-state index contributed by atoms with van der Waals surface area (Å²) in [5.41, 5.74) is 0. The Morgan fingerprint density at radius 1 is 1.25 bits per heavy atom. The first-order valence-electron chi connectivity index (χ1n) is 6.19. The van der Waals surface area contributed by atoms with Crippen LogP contribution in [0.1, 0.15) is 6.42 Å². The summed E-state index contributed by atoms with van der Waals surface area (Å²) < 4.78 is 5.42. The fraction of sp³-hybridized carbons (Fsp3) is 0.385. The lowest BCUT2D eigenvalue weighted by molar-refractivity contribution is -0.140. The average Bonchev–Trinajstić information content (AvgIpc) is 2.45. The summed E-state index contributed by atoms with van der Waals surface area (Å²) in [6, 6.07) is 7.35. The summed E-state index contributed by atoms with van der Waals surface area (Å²) in [6.07, 6.45) is 0.583. The zero-order chi connectivity index (χ0) is 14.8. The number of carbonyl (C=O) groups is 2. The third-order valence-electron chi connectivity index (χ3n) is 2.40. The minimum absolute atomic E-state index is 0.344. The Labute approximate surface area is 116 Å². The van der Waals surface area contributed by atoms with E-state index in [-0.39, 0.29) is 0 Å². The number of amides is 2. The highest BCUT2D eigenvalue weighted by molar-refractivity contribution is 5.82. The van der Waals surface area contributed by atoms with Crippen LogP contribution in [0.3, 0.4) is 0 Å². The number of nitrogens with one attached hydrogen (secondary N) is 2. The van der Waals surface area contributed by atoms with Crippen LogP contribution in [0.5, 0.6) is 5.75 Å². The van der Waals surface area contributed by atoms with Crippen LogP contribution in [0.15, 0.2) is 30.3 Å². The van der Waals surface area contributed by atoms with E-state index in [1.54, 1.807) is 0 Å². The second-order valence-electron chi connectivity index (χ2n) is 3.99. The molecule has 7 nitrogen and oxygen atoms in total. The van der Waals surface area contributed by atoms with Crippen LogP contribution in [0.2, 0.25) is 0 Å². The molecule has 20 heavy (non-hydrogen) atoms. The Bertz CT molecular complexity index is 424. The van der Waals surface area contributed by atoms with Gasteiger partial charge in [0, 0.05) is 6.54 Å². The number of rotatable bonds is 8. The topological polar surface area (TPSA) is 108 Å². The molecule has 1 rings (SSSR count). The molecular weight excluding hydrogens is 264 g/mol. The lowest BCUT2D eigenvalue weighted by atomic mass is 10.3. The highest BCUT2D eigenvalue weighted by atomic mass is 16.5. The van der Waals surface area contributed by atoms with Gasteiger partial charge in [-0.05, 0) is 18.6 Å². The number of aliphatic hydroxyl groups excluding tert-OH is 1. The molecule has 4 N–H and O–H groups in total. The Kier molecular flexibility index (Phi) is 6.91. The number of carboxylic acid groups (broad SMARTS) is 1. The summed E-state index contributed by atoms with van der Waals surface area (Å²) >= 11 is 0. The molecule has 0 radical (unpaired) electrons. The van der Waals surface area contributed by atoms with Crippen LogP contribution >= 0.6 is 0 Å². The smallest absolute Gasteiger partial charge is 0.328 e. The number of aliphatic carboxylic acids is 1. The maximum atomic E-state index is 11.3. The predicted octanol–water partition coefficient (Wildman–Crippen LogP) is 0.200. The van der Waals surface area contributed by atoms with E-state index in [1.807, 2.05) is 30.3 Å². The molecule has 0 aliphatic rings. The van der Waals surface area contributed by atoms with E-state index in [0.29, 0.717) is 19.6 Å². The van der Waals surface area contributed by atoms with Crippen molar-refractivity contribution in [1.82, 2.24) is 10.6 Å². The third kappa shape index (κ3) is 6.05. The van der Waals surface area contributed by atoms with Gasteiger partial charge in [-0.3, -0.25) is 0 Å². The second-order valence-corrected chi connectivity index (χ2v) is 3.99. The van der Waals surface area contributed by atoms with Crippen molar-refractivity contribution in [2.75, 3.05) is 19.8 Å². The molecule has 0 bridgehead atoms. The summed E-state index contributed by atoms with van der Waals surface area (Å²) in [6.45, 7) is 0.128. The first-order valence-corrected chi connectivity index (χ1v) is 6.19. The largest absolute Gasteiger partial charge is 0.494 e. The zero-order valence-corrected chi connectivity index (χ0v) is 10.9. The molecule has 7 heteroatoms. The lowest BCUT2D eigenvalue weighted by Crippen LogP contribution is -2.48. The van der Waals surface area contributed by atoms with Gasteiger partial charge in [0.15, 0.2) is 6.04 Å². The van der Waals surface area contributed by atoms with Crippen LogP contribution in [0.4, 0.5) is 4.79 Å². The molecular formula is C13H18N2O5. The molecule has 0 aliphatic heterocycles. The van der Waals surface area contributed by atoms with E-state index >= 15 is 0 Å². The van der Waals surface area contributed by atoms with E-state index < -0.39 is 24.6 Å². The van der Waals surface area contributed by atoms with Gasteiger partial charge in [0.25, 0.3) is 0 Å². The number of hydrogen-bond donors (Lipinski definition) is 4. The van der Waals surface area contributed by atoms with E-state index in [9.17, 15) is 9.59 Å². The molecule has 0 aromatic heterocycles. The van der Waals surface area contributed by atoms with Crippen molar-refractivity contribution < 1.29 is 24.5 Å². The second kappa shape index (κ2) is 8.76. The van der Waals surface area contributed by atoms with Gasteiger partial charge in [-0.25, -0.2) is 9.59 Å². The Balaban J connectivity index is 2.12. The number of para-hydroxylation sites is 1. The monoisotopic (exact) mass is 282 g/mol. The number of carbonyl (C=O) groups excluding carboxylic acids is 1. The fourth-order valence-electron chi connectivity index (χ4n) is 1.38. The van der Waals surface area contributed by atoms with Crippen LogP contribution in [0, 0.1) is 0 Å². The summed E-state index contributed by atoms with van der Waals surface area (Å²) in [4.78, 5) is 21.9. The molecule has 0 saturated heterocycles. The van der Waals surface area contributed by atoms with Gasteiger partial charge in [0.2, 0.25) is 0 Å². The molecule has 0 aliphatic carbocycles. The molecule has 0 fully saturated rings. The first-order chi connectivity index (χ1) is 9.63. The van der Waals surface area contributed by atoms with Crippen molar-refractivity contribution >= 4 is 12.0 Å². The Morgan fingerprint density at radius 3 is 2.55 bits per heavy atom. The molecule has 1 aromatic rings. The van der Waals surface area contributed by atoms with Crippen LogP contribution < -0.4 is 15.4 Å². The van der Waals surface area contributed by atoms with Gasteiger partial charge >= 0.3 is 12.0 Å². The van der Waals surface area contributed by atoms with Gasteiger partial charge < -0.3 is 25.6 Å². The zero-order valence-electron chi connectivity index (χ0n) is 10.9. The van der Waals surface area contributed by atoms with E-state index in [0.717, 1.165) is 5.75 Å². The molecule has 110 valence electrons. The van der Waals surface area contributed by atoms with Crippen molar-refractivity contribution in [1.29, 1.82) is 0 Å². The number of benzene rings is 1. The summed E-state index contributed by atoms with van der Waals surface area (Å²) in [5.74, 6) is -0.529. The Hall–Kier alpha value is -2.28. The first kappa shape index (κ1) is 15.8. The molecule has 1 atom stereocenters. The third-order valence-corrected chi connectivity index (χ3v) is 2.40. The molecule has 0 heterocycles. The van der Waals surface area contributed by atoms with E-state index in [1.165, 1.54) is 0 Å². The molecule has 1 unspecified atom stereocenters. The Morgan fingerprint density at radius 2 is 1.95 bits per heavy atom. The van der Waals surface area contributed by atoms with Crippen molar-refractivity contribution in [2.45, 2.75) is 12.5 Å². The van der Waals surface area contributed by atoms with Gasteiger partial charge in [0.05, 0.1) is 13.2 Å². The number of carboxylic acids is 1. The van der Waals surface area contributed by atoms with Crippen LogP contribution in [-0.2, 0) is 4.79 Å². The van der Waals surface area contributed by atoms with Crippen LogP contribution in [-0.4, -0.2) is 48.0 Å². The molecule has 0 spiro atoms. The van der Waals surface area contributed by atoms with E-state index in [2.05, 4.69) is 10.6 Å². The molecule has 2 amide bonds. The van der Waals surface area contributed by atoms with Gasteiger partial charge in [-0.15, -0.1) is 0 Å². The normalized spacial score (nSPS) is 11.4. The van der Waals surface area contributed by atoms with E-state index in [4.69, 9.17) is 14.9 Å². The number of aliphatic hydroxyl groups is 1. The van der Waals surface area contributed by atoms with Crippen molar-refractivity contribution in [3.63, 3.8) is 0 Å². The highest BCUT2D eigenvalue weighted by Crippen LogP contribution is 2.07. The van der Waals surface area contributed by atoms with Crippen molar-refractivity contribution in [3.05, 3.63) is 30.3 Å². The quantitative estimate of drug-likeness (QED) is 0.509. The molecule has 0 saturated carbocycles. The average molecular weight is 282 g/mol. The minimum Gasteiger partial charge on any atom is -0.494 e. The standard InChI is InChI=1S/C13H18N2O5/c16-9-11(12(17)18)15-13(19)14-7-4-8-20-10-5-2-1-3-6-10/h1-3,5-6,11,16H,4,7-9H2,(H,17,18)(H2,14,15,19). The van der Waals surface area contributed by atoms with Crippen molar-refractivity contribution in [3.8, 4) is 5.75 Å². The van der Waals surface area contributed by atoms with Crippen LogP contribution in [0.25, 0.3) is 0 Å². The number of ether oxygens (including phenoxy) is 1. The predicted molar refractivity (Wildman–Crippen MR) is 71.6 cm³/mol. The summed E-state index contributed by atoms with van der Waals surface area (Å²) in [7, 11) is 0. The fourth-order valence-corrected chi connectivity index (χ4v) is 1.38. The van der Waals surface area contributed by atoms with Gasteiger partial charge in [-0.1, -0.05) is 18.2 Å². The SMILES string of the molecule is O=C(NCCCOc1ccccc1)NC(CO)C(=O)O. The summed E-state index contributed by atoms with van der Waals surface area (Å²) in [5, 5.41) is 22.0. The maximum Gasteiger partial charge on any atom is 0.328 e.